The van der Waals surface area contributed by atoms with Gasteiger partial charge in [0, 0.05) is 14.2 Å². The van der Waals surface area contributed by atoms with Gasteiger partial charge in [0.1, 0.15) is 4.34 Å². The van der Waals surface area contributed by atoms with Crippen molar-refractivity contribution < 1.29 is 0 Å². The van der Waals surface area contributed by atoms with E-state index < -0.39 is 0 Å². The predicted molar refractivity (Wildman–Crippen MR) is 77.1 cm³/mol. The summed E-state index contributed by atoms with van der Waals surface area (Å²) in [4.78, 5) is 2.53. The van der Waals surface area contributed by atoms with Crippen molar-refractivity contribution in [3.63, 3.8) is 0 Å². The van der Waals surface area contributed by atoms with E-state index in [0.29, 0.717) is 0 Å². The number of thiophene rings is 2. The van der Waals surface area contributed by atoms with E-state index in [9.17, 15) is 0 Å². The SMILES string of the molecule is Clc1ccc(C(Br)c2cc(Br)c(Cl)s2)s1. The molecule has 0 amide bonds. The second-order valence-electron chi connectivity index (χ2n) is 2.77. The van der Waals surface area contributed by atoms with Crippen molar-refractivity contribution in [2.45, 2.75) is 4.83 Å². The highest BCUT2D eigenvalue weighted by Crippen LogP contribution is 2.43. The first-order valence-electron chi connectivity index (χ1n) is 3.92. The Morgan fingerprint density at radius 1 is 1.13 bits per heavy atom. The molecule has 2 aromatic rings. The largest absolute Gasteiger partial charge is 0.127 e. The molecule has 0 bridgehead atoms. The van der Waals surface area contributed by atoms with Crippen LogP contribution in [0.1, 0.15) is 14.6 Å². The lowest BCUT2D eigenvalue weighted by atomic mass is 10.3. The summed E-state index contributed by atoms with van der Waals surface area (Å²) in [7, 11) is 0. The third-order valence-corrected chi connectivity index (χ3v) is 7.19. The molecule has 1 atom stereocenters. The smallest absolute Gasteiger partial charge is 0.107 e. The molecule has 0 N–H and O–H groups in total. The van der Waals surface area contributed by atoms with Gasteiger partial charge in [-0.3, -0.25) is 0 Å². The summed E-state index contributed by atoms with van der Waals surface area (Å²) >= 11 is 22.1. The molecule has 0 aromatic carbocycles. The van der Waals surface area contributed by atoms with Crippen LogP contribution in [0.5, 0.6) is 0 Å². The van der Waals surface area contributed by atoms with Crippen LogP contribution in [0.25, 0.3) is 0 Å². The summed E-state index contributed by atoms with van der Waals surface area (Å²) in [5.41, 5.74) is 0. The number of hydrogen-bond donors (Lipinski definition) is 0. The molecule has 0 aliphatic heterocycles. The number of alkyl halides is 1. The molecule has 0 radical (unpaired) electrons. The monoisotopic (exact) mass is 404 g/mol. The standard InChI is InChI=1S/C9H4Br2Cl2S2/c10-4-3-6(15-9(4)13)8(11)5-1-2-7(12)14-5/h1-3,8H. The molecule has 2 heterocycles. The van der Waals surface area contributed by atoms with Crippen LogP contribution in [0.2, 0.25) is 8.67 Å². The minimum atomic E-state index is 0.170. The molecule has 2 rings (SSSR count). The molecule has 0 saturated carbocycles. The third-order valence-electron chi connectivity index (χ3n) is 1.76. The van der Waals surface area contributed by atoms with Crippen molar-refractivity contribution in [2.24, 2.45) is 0 Å². The number of halogens is 4. The molecule has 2 aromatic heterocycles. The summed E-state index contributed by atoms with van der Waals surface area (Å²) in [6.07, 6.45) is 0. The van der Waals surface area contributed by atoms with Gasteiger partial charge in [-0.1, -0.05) is 39.1 Å². The van der Waals surface area contributed by atoms with Gasteiger partial charge in [0.25, 0.3) is 0 Å². The minimum absolute atomic E-state index is 0.170. The fourth-order valence-corrected chi connectivity index (χ4v) is 4.80. The lowest BCUT2D eigenvalue weighted by Gasteiger charge is -2.02. The quantitative estimate of drug-likeness (QED) is 0.509. The van der Waals surface area contributed by atoms with Crippen LogP contribution in [0, 0.1) is 0 Å². The first-order chi connectivity index (χ1) is 7.08. The lowest BCUT2D eigenvalue weighted by Crippen LogP contribution is -1.83. The minimum Gasteiger partial charge on any atom is -0.127 e. The van der Waals surface area contributed by atoms with E-state index in [0.717, 1.165) is 13.1 Å². The summed E-state index contributed by atoms with van der Waals surface area (Å²) in [6, 6.07) is 5.95. The van der Waals surface area contributed by atoms with Gasteiger partial charge in [-0.05, 0) is 34.1 Å². The fraction of sp³-hybridized carbons (Fsp3) is 0.111. The Bertz CT molecular complexity index is 459. The molecule has 80 valence electrons. The zero-order chi connectivity index (χ0) is 11.0. The van der Waals surface area contributed by atoms with E-state index in [2.05, 4.69) is 31.9 Å². The van der Waals surface area contributed by atoms with E-state index >= 15 is 0 Å². The Morgan fingerprint density at radius 3 is 2.33 bits per heavy atom. The maximum absolute atomic E-state index is 5.99. The van der Waals surface area contributed by atoms with Crippen LogP contribution in [-0.4, -0.2) is 0 Å². The van der Waals surface area contributed by atoms with E-state index in [4.69, 9.17) is 23.2 Å². The summed E-state index contributed by atoms with van der Waals surface area (Å²) < 4.78 is 2.52. The molecule has 0 saturated heterocycles. The first-order valence-corrected chi connectivity index (χ1v) is 8.01. The average molecular weight is 407 g/mol. The highest BCUT2D eigenvalue weighted by atomic mass is 79.9. The van der Waals surface area contributed by atoms with Gasteiger partial charge in [0.05, 0.1) is 9.16 Å². The van der Waals surface area contributed by atoms with E-state index in [1.54, 1.807) is 22.7 Å². The Kier molecular flexibility index (Phi) is 4.19. The zero-order valence-electron chi connectivity index (χ0n) is 7.14. The van der Waals surface area contributed by atoms with Crippen LogP contribution in [0.3, 0.4) is 0 Å². The van der Waals surface area contributed by atoms with Gasteiger partial charge in [-0.25, -0.2) is 0 Å². The van der Waals surface area contributed by atoms with Crippen LogP contribution in [0.4, 0.5) is 0 Å². The Morgan fingerprint density at radius 2 is 1.87 bits per heavy atom. The van der Waals surface area contributed by atoms with Crippen LogP contribution in [-0.2, 0) is 0 Å². The molecular formula is C9H4Br2Cl2S2. The predicted octanol–water partition coefficient (Wildman–Crippen LogP) is 6.36. The molecule has 0 nitrogen and oxygen atoms in total. The van der Waals surface area contributed by atoms with Crippen molar-refractivity contribution in [3.05, 3.63) is 41.1 Å². The van der Waals surface area contributed by atoms with Crippen molar-refractivity contribution >= 4 is 77.7 Å². The average Bonchev–Trinajstić information content (AvgIpc) is 2.74. The Balaban J connectivity index is 2.31. The molecule has 6 heteroatoms. The van der Waals surface area contributed by atoms with Gasteiger partial charge in [0.2, 0.25) is 0 Å². The molecule has 0 aliphatic rings. The van der Waals surface area contributed by atoms with Gasteiger partial charge < -0.3 is 0 Å². The maximum Gasteiger partial charge on any atom is 0.107 e. The molecule has 0 spiro atoms. The highest BCUT2D eigenvalue weighted by molar-refractivity contribution is 9.10. The summed E-state index contributed by atoms with van der Waals surface area (Å²) in [5.74, 6) is 0. The summed E-state index contributed by atoms with van der Waals surface area (Å²) in [6.45, 7) is 0. The fourth-order valence-electron chi connectivity index (χ4n) is 1.09. The zero-order valence-corrected chi connectivity index (χ0v) is 13.5. The van der Waals surface area contributed by atoms with Gasteiger partial charge >= 0.3 is 0 Å². The van der Waals surface area contributed by atoms with Gasteiger partial charge in [-0.2, -0.15) is 0 Å². The normalized spacial score (nSPS) is 13.1. The van der Waals surface area contributed by atoms with Gasteiger partial charge in [0.15, 0.2) is 0 Å². The Labute approximate surface area is 122 Å². The van der Waals surface area contributed by atoms with E-state index in [1.807, 2.05) is 18.2 Å². The molecule has 0 fully saturated rings. The molecule has 15 heavy (non-hydrogen) atoms. The van der Waals surface area contributed by atoms with Crippen LogP contribution < -0.4 is 0 Å². The molecule has 0 aliphatic carbocycles. The topological polar surface area (TPSA) is 0 Å². The highest BCUT2D eigenvalue weighted by Gasteiger charge is 2.16. The number of hydrogen-bond acceptors (Lipinski definition) is 2. The van der Waals surface area contributed by atoms with Crippen molar-refractivity contribution in [1.82, 2.24) is 0 Å². The van der Waals surface area contributed by atoms with Crippen LogP contribution >= 0.6 is 77.7 Å². The first kappa shape index (κ1) is 12.4. The van der Waals surface area contributed by atoms with Crippen molar-refractivity contribution in [2.75, 3.05) is 0 Å². The van der Waals surface area contributed by atoms with Crippen molar-refractivity contribution in [1.29, 1.82) is 0 Å². The maximum atomic E-state index is 5.99. The van der Waals surface area contributed by atoms with Crippen molar-refractivity contribution in [3.8, 4) is 0 Å². The molecular weight excluding hydrogens is 403 g/mol. The second-order valence-corrected chi connectivity index (χ2v) is 7.98. The third kappa shape index (κ3) is 2.79. The number of rotatable bonds is 2. The van der Waals surface area contributed by atoms with Crippen LogP contribution in [0.15, 0.2) is 22.7 Å². The van der Waals surface area contributed by atoms with E-state index in [1.165, 1.54) is 9.75 Å². The van der Waals surface area contributed by atoms with E-state index in [-0.39, 0.29) is 4.83 Å². The Hall–Kier alpha value is 0.940. The molecule has 1 unspecified atom stereocenters. The summed E-state index contributed by atoms with van der Waals surface area (Å²) in [5, 5.41) is 0. The second kappa shape index (κ2) is 5.07. The lowest BCUT2D eigenvalue weighted by molar-refractivity contribution is 1.28. The van der Waals surface area contributed by atoms with Gasteiger partial charge in [-0.15, -0.1) is 22.7 Å².